The Labute approximate surface area is 304 Å². The third-order valence-corrected chi connectivity index (χ3v) is 9.73. The molecule has 2 saturated heterocycles. The average molecular weight is 700 g/mol. The van der Waals surface area contributed by atoms with Crippen LogP contribution < -0.4 is 15.4 Å². The first-order valence-corrected chi connectivity index (χ1v) is 18.0. The van der Waals surface area contributed by atoms with Gasteiger partial charge >= 0.3 is 6.03 Å². The van der Waals surface area contributed by atoms with Gasteiger partial charge in [0.2, 0.25) is 0 Å². The Kier molecular flexibility index (Phi) is 11.6. The number of hydrogen-bond donors (Lipinski definition) is 4. The van der Waals surface area contributed by atoms with Gasteiger partial charge in [-0.25, -0.2) is 4.79 Å². The number of likely N-dealkylation sites (tertiary alicyclic amines) is 1. The Morgan fingerprint density at radius 1 is 0.769 bits per heavy atom. The SMILES string of the molecule is O=C(NCc1cccc(-c2cccc([C@@H]3O[C@H](CN4CCC[C@H]4CO)C[C@H](c4ccc(CO)cc4)O3)c2)c1)Nc1ccc(Oc2ccccc2)cc1. The molecule has 0 aliphatic carbocycles. The number of ether oxygens (including phenoxy) is 3. The van der Waals surface area contributed by atoms with Gasteiger partial charge in [0.15, 0.2) is 6.29 Å². The van der Waals surface area contributed by atoms with E-state index >= 15 is 0 Å². The van der Waals surface area contributed by atoms with Crippen LogP contribution in [0.1, 0.15) is 53.9 Å². The Bertz CT molecular complexity index is 1900. The van der Waals surface area contributed by atoms with Crippen molar-refractivity contribution in [1.82, 2.24) is 10.2 Å². The van der Waals surface area contributed by atoms with Crippen LogP contribution in [-0.4, -0.2) is 53.0 Å². The number of aliphatic hydroxyl groups is 2. The van der Waals surface area contributed by atoms with E-state index in [0.717, 1.165) is 65.1 Å². The van der Waals surface area contributed by atoms with Crippen LogP contribution in [0, 0.1) is 0 Å². The summed E-state index contributed by atoms with van der Waals surface area (Å²) in [7, 11) is 0. The molecule has 0 unspecified atom stereocenters. The summed E-state index contributed by atoms with van der Waals surface area (Å²) in [5, 5.41) is 25.4. The van der Waals surface area contributed by atoms with Gasteiger partial charge in [0.25, 0.3) is 0 Å². The van der Waals surface area contributed by atoms with Crippen molar-refractivity contribution >= 4 is 11.7 Å². The predicted molar refractivity (Wildman–Crippen MR) is 201 cm³/mol. The molecule has 0 saturated carbocycles. The van der Waals surface area contributed by atoms with Crippen LogP contribution in [0.2, 0.25) is 0 Å². The zero-order chi connectivity index (χ0) is 35.7. The summed E-state index contributed by atoms with van der Waals surface area (Å²) >= 11 is 0. The van der Waals surface area contributed by atoms with E-state index in [1.165, 1.54) is 0 Å². The van der Waals surface area contributed by atoms with Crippen LogP contribution in [0.25, 0.3) is 11.1 Å². The Morgan fingerprint density at radius 2 is 1.52 bits per heavy atom. The van der Waals surface area contributed by atoms with Crippen molar-refractivity contribution in [3.63, 3.8) is 0 Å². The van der Waals surface area contributed by atoms with Crippen molar-refractivity contribution in [3.05, 3.63) is 150 Å². The lowest BCUT2D eigenvalue weighted by Gasteiger charge is -2.38. The van der Waals surface area contributed by atoms with Crippen molar-refractivity contribution in [1.29, 1.82) is 0 Å². The smallest absolute Gasteiger partial charge is 0.319 e. The second-order valence-electron chi connectivity index (χ2n) is 13.4. The molecule has 2 aliphatic heterocycles. The van der Waals surface area contributed by atoms with Gasteiger partial charge in [0.05, 0.1) is 25.4 Å². The molecule has 0 radical (unpaired) electrons. The van der Waals surface area contributed by atoms with Gasteiger partial charge in [-0.1, -0.05) is 78.9 Å². The maximum absolute atomic E-state index is 12.8. The lowest BCUT2D eigenvalue weighted by molar-refractivity contribution is -0.253. The van der Waals surface area contributed by atoms with Crippen LogP contribution in [0.15, 0.2) is 127 Å². The van der Waals surface area contributed by atoms with Gasteiger partial charge in [0.1, 0.15) is 11.5 Å². The van der Waals surface area contributed by atoms with Crippen molar-refractivity contribution in [2.45, 2.75) is 57.0 Å². The quantitative estimate of drug-likeness (QED) is 0.105. The number of carbonyl (C=O) groups is 1. The van der Waals surface area contributed by atoms with E-state index in [9.17, 15) is 15.0 Å². The second-order valence-corrected chi connectivity index (χ2v) is 13.4. The second kappa shape index (κ2) is 17.0. The standard InChI is InChI=1S/C43H45N3O6/c47-28-30-14-16-32(17-15-30)41-25-40(27-46-22-6-11-37(46)29-48)51-42(52-41)35-10-5-9-34(24-35)33-8-4-7-31(23-33)26-44-43(49)45-36-18-20-39(21-19-36)50-38-12-2-1-3-13-38/h1-5,7-10,12-21,23-24,37,40-42,47-48H,6,11,22,25-29H2,(H2,44,45,49)/t37-,40-,41+,42+/m0/s1. The highest BCUT2D eigenvalue weighted by Gasteiger charge is 2.35. The number of rotatable bonds is 12. The van der Waals surface area contributed by atoms with E-state index in [1.54, 1.807) is 12.1 Å². The van der Waals surface area contributed by atoms with Crippen LogP contribution >= 0.6 is 0 Å². The highest BCUT2D eigenvalue weighted by molar-refractivity contribution is 5.89. The summed E-state index contributed by atoms with van der Waals surface area (Å²) in [6.45, 7) is 2.18. The van der Waals surface area contributed by atoms with Gasteiger partial charge in [-0.2, -0.15) is 0 Å². The van der Waals surface area contributed by atoms with Crippen LogP contribution in [0.4, 0.5) is 10.5 Å². The van der Waals surface area contributed by atoms with Gasteiger partial charge in [0, 0.05) is 36.8 Å². The molecule has 4 atom stereocenters. The minimum absolute atomic E-state index is 0.00456. The summed E-state index contributed by atoms with van der Waals surface area (Å²) in [6.07, 6.45) is 1.92. The molecule has 4 N–H and O–H groups in total. The number of hydrogen-bond acceptors (Lipinski definition) is 7. The molecule has 0 aromatic heterocycles. The number of nitrogens with zero attached hydrogens (tertiary/aromatic N) is 1. The van der Waals surface area contributed by atoms with E-state index in [2.05, 4.69) is 39.8 Å². The molecule has 52 heavy (non-hydrogen) atoms. The molecule has 9 heteroatoms. The van der Waals surface area contributed by atoms with Crippen LogP contribution in [-0.2, 0) is 22.6 Å². The highest BCUT2D eigenvalue weighted by atomic mass is 16.7. The Balaban J connectivity index is 1.00. The number of aliphatic hydroxyl groups excluding tert-OH is 2. The Morgan fingerprint density at radius 3 is 2.29 bits per heavy atom. The lowest BCUT2D eigenvalue weighted by Crippen LogP contribution is -2.42. The number of benzene rings is 5. The number of amides is 2. The third-order valence-electron chi connectivity index (χ3n) is 9.73. The topological polar surface area (TPSA) is 113 Å². The number of urea groups is 1. The molecule has 2 fully saturated rings. The van der Waals surface area contributed by atoms with Gasteiger partial charge in [-0.05, 0) is 95.7 Å². The fraction of sp³-hybridized carbons (Fsp3) is 0.279. The molecule has 2 heterocycles. The fourth-order valence-corrected chi connectivity index (χ4v) is 6.95. The van der Waals surface area contributed by atoms with Crippen LogP contribution in [0.3, 0.4) is 0 Å². The molecule has 0 bridgehead atoms. The molecule has 2 aliphatic rings. The van der Waals surface area contributed by atoms with E-state index < -0.39 is 6.29 Å². The molecule has 268 valence electrons. The minimum atomic E-state index is -0.580. The predicted octanol–water partition coefficient (Wildman–Crippen LogP) is 7.96. The summed E-state index contributed by atoms with van der Waals surface area (Å²) in [5.41, 5.74) is 6.48. The zero-order valence-electron chi connectivity index (χ0n) is 29.1. The molecule has 2 amide bonds. The number of carbonyl (C=O) groups excluding carboxylic acids is 1. The maximum atomic E-state index is 12.8. The van der Waals surface area contributed by atoms with E-state index in [-0.39, 0.29) is 37.5 Å². The molecule has 7 rings (SSSR count). The summed E-state index contributed by atoms with van der Waals surface area (Å²) in [5.74, 6) is 1.44. The molecule has 0 spiro atoms. The van der Waals surface area contributed by atoms with E-state index in [0.29, 0.717) is 24.4 Å². The van der Waals surface area contributed by atoms with E-state index in [1.807, 2.05) is 91.0 Å². The summed E-state index contributed by atoms with van der Waals surface area (Å²) < 4.78 is 19.1. The first-order chi connectivity index (χ1) is 25.5. The first-order valence-electron chi connectivity index (χ1n) is 18.0. The van der Waals surface area contributed by atoms with Crippen molar-refractivity contribution in [2.24, 2.45) is 0 Å². The van der Waals surface area contributed by atoms with Crippen LogP contribution in [0.5, 0.6) is 11.5 Å². The number of para-hydroxylation sites is 1. The van der Waals surface area contributed by atoms with Crippen molar-refractivity contribution in [2.75, 3.05) is 25.0 Å². The molecular formula is C43H45N3O6. The monoisotopic (exact) mass is 699 g/mol. The van der Waals surface area contributed by atoms with Crippen molar-refractivity contribution < 1.29 is 29.2 Å². The maximum Gasteiger partial charge on any atom is 0.319 e. The summed E-state index contributed by atoms with van der Waals surface area (Å²) in [4.78, 5) is 15.1. The Hall–Kier alpha value is -5.03. The average Bonchev–Trinajstić information content (AvgIpc) is 3.65. The third kappa shape index (κ3) is 9.06. The molecule has 5 aromatic rings. The van der Waals surface area contributed by atoms with Crippen molar-refractivity contribution in [3.8, 4) is 22.6 Å². The normalized spacial score (nSPS) is 20.3. The summed E-state index contributed by atoms with van der Waals surface area (Å²) in [6, 6.07) is 40.9. The largest absolute Gasteiger partial charge is 0.457 e. The molecule has 5 aromatic carbocycles. The van der Waals surface area contributed by atoms with E-state index in [4.69, 9.17) is 14.2 Å². The number of anilines is 1. The van der Waals surface area contributed by atoms with Gasteiger partial charge < -0.3 is 35.1 Å². The lowest BCUT2D eigenvalue weighted by atomic mass is 9.98. The molecular weight excluding hydrogens is 654 g/mol. The first kappa shape index (κ1) is 35.4. The van der Waals surface area contributed by atoms with Gasteiger partial charge in [-0.3, -0.25) is 4.90 Å². The number of nitrogens with one attached hydrogen (secondary N) is 2. The fourth-order valence-electron chi connectivity index (χ4n) is 6.95. The highest BCUT2D eigenvalue weighted by Crippen LogP contribution is 2.39. The molecule has 9 nitrogen and oxygen atoms in total. The van der Waals surface area contributed by atoms with Gasteiger partial charge in [-0.15, -0.1) is 0 Å². The zero-order valence-corrected chi connectivity index (χ0v) is 29.1. The minimum Gasteiger partial charge on any atom is -0.457 e.